The molecule has 0 aliphatic carbocycles. The topological polar surface area (TPSA) is 38.1 Å². The van der Waals surface area contributed by atoms with Crippen molar-refractivity contribution < 1.29 is 5.11 Å². The van der Waals surface area contributed by atoms with Gasteiger partial charge in [-0.25, -0.2) is 4.98 Å². The Morgan fingerprint density at radius 2 is 2.31 bits per heavy atom. The van der Waals surface area contributed by atoms with Gasteiger partial charge in [0.25, 0.3) is 0 Å². The summed E-state index contributed by atoms with van der Waals surface area (Å²) in [7, 11) is 0. The first-order valence-corrected chi connectivity index (χ1v) is 7.71. The van der Waals surface area contributed by atoms with E-state index in [1.807, 2.05) is 11.8 Å². The number of aliphatic hydroxyl groups is 1. The maximum absolute atomic E-state index is 9.76. The number of halogens is 1. The van der Waals surface area contributed by atoms with Crippen LogP contribution >= 0.6 is 27.7 Å². The smallest absolute Gasteiger partial charge is 0.127 e. The van der Waals surface area contributed by atoms with Gasteiger partial charge in [0, 0.05) is 11.7 Å². The second kappa shape index (κ2) is 4.35. The number of imidazole rings is 1. The molecule has 16 heavy (non-hydrogen) atoms. The highest BCUT2D eigenvalue weighted by atomic mass is 79.9. The summed E-state index contributed by atoms with van der Waals surface area (Å²) in [6.07, 6.45) is 2.84. The van der Waals surface area contributed by atoms with Gasteiger partial charge in [-0.05, 0) is 40.9 Å². The van der Waals surface area contributed by atoms with Gasteiger partial charge in [0.05, 0.1) is 18.3 Å². The molecule has 1 aromatic heterocycles. The van der Waals surface area contributed by atoms with E-state index in [9.17, 15) is 5.11 Å². The quantitative estimate of drug-likeness (QED) is 0.864. The van der Waals surface area contributed by atoms with Gasteiger partial charge in [-0.3, -0.25) is 0 Å². The first kappa shape index (κ1) is 11.1. The molecule has 3 rings (SSSR count). The molecule has 2 atom stereocenters. The summed E-state index contributed by atoms with van der Waals surface area (Å²) >= 11 is 5.56. The van der Waals surface area contributed by atoms with Gasteiger partial charge in [-0.15, -0.1) is 0 Å². The molecule has 3 heterocycles. The number of hydrogen-bond acceptors (Lipinski definition) is 3. The summed E-state index contributed by atoms with van der Waals surface area (Å²) in [4.78, 5) is 4.66. The minimum Gasteiger partial charge on any atom is -0.391 e. The average molecular weight is 303 g/mol. The van der Waals surface area contributed by atoms with Crippen LogP contribution in [0.2, 0.25) is 0 Å². The van der Waals surface area contributed by atoms with Gasteiger partial charge >= 0.3 is 0 Å². The average Bonchev–Trinajstić information content (AvgIpc) is 2.86. The highest BCUT2D eigenvalue weighted by Crippen LogP contribution is 2.35. The Hall–Kier alpha value is -0.000000000000000111. The molecule has 1 aromatic rings. The molecule has 1 saturated heterocycles. The Morgan fingerprint density at radius 3 is 3.06 bits per heavy atom. The molecule has 0 aromatic carbocycles. The maximum Gasteiger partial charge on any atom is 0.127 e. The Balaban J connectivity index is 1.98. The largest absolute Gasteiger partial charge is 0.391 e. The summed E-state index contributed by atoms with van der Waals surface area (Å²) in [6.45, 7) is 0.727. The lowest BCUT2D eigenvalue weighted by atomic mass is 10.1. The lowest BCUT2D eigenvalue weighted by Gasteiger charge is -2.23. The molecule has 2 aliphatic heterocycles. The van der Waals surface area contributed by atoms with Crippen LogP contribution in [0.5, 0.6) is 0 Å². The molecule has 3 nitrogen and oxygen atoms in total. The van der Waals surface area contributed by atoms with E-state index in [0.29, 0.717) is 5.92 Å². The normalized spacial score (nSPS) is 29.4. The Labute approximate surface area is 108 Å². The predicted octanol–water partition coefficient (Wildman–Crippen LogP) is 2.17. The first-order chi connectivity index (χ1) is 7.75. The summed E-state index contributed by atoms with van der Waals surface area (Å²) in [6, 6.07) is 0. The van der Waals surface area contributed by atoms with Crippen LogP contribution in [0.3, 0.4) is 0 Å². The Kier molecular flexibility index (Phi) is 3.02. The van der Waals surface area contributed by atoms with E-state index < -0.39 is 0 Å². The van der Waals surface area contributed by atoms with E-state index in [1.54, 1.807) is 0 Å². The van der Waals surface area contributed by atoms with Crippen molar-refractivity contribution >= 4 is 27.7 Å². The SMILES string of the molecule is OC1CCc2c(Br)nc(C3CCSC3)n2C1. The highest BCUT2D eigenvalue weighted by molar-refractivity contribution is 9.10. The van der Waals surface area contributed by atoms with Crippen molar-refractivity contribution in [3.63, 3.8) is 0 Å². The molecule has 0 radical (unpaired) electrons. The maximum atomic E-state index is 9.76. The molecule has 0 bridgehead atoms. The number of hydrogen-bond donors (Lipinski definition) is 1. The van der Waals surface area contributed by atoms with Crippen molar-refractivity contribution in [2.45, 2.75) is 37.8 Å². The zero-order valence-electron chi connectivity index (χ0n) is 9.03. The molecule has 5 heteroatoms. The van der Waals surface area contributed by atoms with Gasteiger partial charge in [0.15, 0.2) is 0 Å². The van der Waals surface area contributed by atoms with Crippen molar-refractivity contribution in [1.82, 2.24) is 9.55 Å². The van der Waals surface area contributed by atoms with Crippen molar-refractivity contribution in [2.75, 3.05) is 11.5 Å². The van der Waals surface area contributed by atoms with Gasteiger partial charge in [0.2, 0.25) is 0 Å². The molecule has 0 spiro atoms. The fraction of sp³-hybridized carbons (Fsp3) is 0.727. The third-order valence-electron chi connectivity index (χ3n) is 3.46. The molecule has 2 unspecified atom stereocenters. The second-order valence-corrected chi connectivity index (χ2v) is 6.47. The number of thioether (sulfide) groups is 1. The fourth-order valence-corrected chi connectivity index (χ4v) is 4.38. The minimum absolute atomic E-state index is 0.193. The number of fused-ring (bicyclic) bond motifs is 1. The molecule has 88 valence electrons. The summed E-state index contributed by atoms with van der Waals surface area (Å²) < 4.78 is 3.24. The van der Waals surface area contributed by atoms with E-state index in [4.69, 9.17) is 0 Å². The first-order valence-electron chi connectivity index (χ1n) is 5.76. The molecular weight excluding hydrogens is 288 g/mol. The van der Waals surface area contributed by atoms with Gasteiger partial charge in [-0.1, -0.05) is 0 Å². The van der Waals surface area contributed by atoms with Crippen LogP contribution in [0.1, 0.15) is 30.3 Å². The van der Waals surface area contributed by atoms with E-state index in [1.165, 1.54) is 29.4 Å². The van der Waals surface area contributed by atoms with Crippen LogP contribution in [0, 0.1) is 0 Å². The second-order valence-electron chi connectivity index (χ2n) is 4.57. The zero-order chi connectivity index (χ0) is 11.1. The molecule has 1 fully saturated rings. The highest BCUT2D eigenvalue weighted by Gasteiger charge is 2.28. The van der Waals surface area contributed by atoms with Crippen molar-refractivity contribution in [3.8, 4) is 0 Å². The zero-order valence-corrected chi connectivity index (χ0v) is 11.4. The fourth-order valence-electron chi connectivity index (χ4n) is 2.57. The van der Waals surface area contributed by atoms with Crippen LogP contribution in [-0.4, -0.2) is 32.3 Å². The molecular formula is C11H15BrN2OS. The van der Waals surface area contributed by atoms with E-state index in [-0.39, 0.29) is 6.10 Å². The van der Waals surface area contributed by atoms with Gasteiger partial charge in [0.1, 0.15) is 10.4 Å². The monoisotopic (exact) mass is 302 g/mol. The number of aliphatic hydroxyl groups excluding tert-OH is 1. The van der Waals surface area contributed by atoms with Crippen LogP contribution in [0.4, 0.5) is 0 Å². The summed E-state index contributed by atoms with van der Waals surface area (Å²) in [5, 5.41) is 9.76. The standard InChI is InChI=1S/C11H15BrN2OS/c12-10-9-2-1-8(15)5-14(9)11(13-10)7-3-4-16-6-7/h7-8,15H,1-6H2. The van der Waals surface area contributed by atoms with Crippen LogP contribution < -0.4 is 0 Å². The van der Waals surface area contributed by atoms with E-state index in [2.05, 4.69) is 25.5 Å². The minimum atomic E-state index is -0.193. The number of nitrogens with zero attached hydrogens (tertiary/aromatic N) is 2. The number of rotatable bonds is 1. The lowest BCUT2D eigenvalue weighted by molar-refractivity contribution is 0.129. The van der Waals surface area contributed by atoms with Crippen molar-refractivity contribution in [1.29, 1.82) is 0 Å². The molecule has 0 amide bonds. The Bertz CT molecular complexity index is 401. The molecule has 0 saturated carbocycles. The van der Waals surface area contributed by atoms with Crippen molar-refractivity contribution in [2.24, 2.45) is 0 Å². The van der Waals surface area contributed by atoms with E-state index in [0.717, 1.165) is 24.0 Å². The van der Waals surface area contributed by atoms with Crippen molar-refractivity contribution in [3.05, 3.63) is 16.1 Å². The van der Waals surface area contributed by atoms with Gasteiger partial charge < -0.3 is 9.67 Å². The van der Waals surface area contributed by atoms with Gasteiger partial charge in [-0.2, -0.15) is 11.8 Å². The molecule has 2 aliphatic rings. The number of aromatic nitrogens is 2. The summed E-state index contributed by atoms with van der Waals surface area (Å²) in [5.74, 6) is 4.19. The third kappa shape index (κ3) is 1.83. The third-order valence-corrected chi connectivity index (χ3v) is 5.25. The van der Waals surface area contributed by atoms with Crippen LogP contribution in [-0.2, 0) is 13.0 Å². The molecule has 1 N–H and O–H groups in total. The predicted molar refractivity (Wildman–Crippen MR) is 68.9 cm³/mol. The Morgan fingerprint density at radius 1 is 1.44 bits per heavy atom. The van der Waals surface area contributed by atoms with Crippen LogP contribution in [0.15, 0.2) is 4.60 Å². The van der Waals surface area contributed by atoms with Crippen LogP contribution in [0.25, 0.3) is 0 Å². The van der Waals surface area contributed by atoms with E-state index >= 15 is 0 Å². The lowest BCUT2D eigenvalue weighted by Crippen LogP contribution is -2.26. The summed E-state index contributed by atoms with van der Waals surface area (Å²) in [5.41, 5.74) is 1.28.